The van der Waals surface area contributed by atoms with E-state index >= 15 is 0 Å². The summed E-state index contributed by atoms with van der Waals surface area (Å²) in [5, 5.41) is 20.4. The molecule has 2 unspecified atom stereocenters. The molecule has 1 aromatic rings. The number of nitrogens with zero attached hydrogens (tertiary/aromatic N) is 2. The number of aliphatic hydroxyl groups is 1. The second-order valence-electron chi connectivity index (χ2n) is 6.16. The van der Waals surface area contributed by atoms with Crippen molar-refractivity contribution in [2.45, 2.75) is 43.8 Å². The van der Waals surface area contributed by atoms with Crippen LogP contribution in [-0.4, -0.2) is 40.4 Å². The van der Waals surface area contributed by atoms with Gasteiger partial charge in [-0.3, -0.25) is 4.79 Å². The zero-order valence-electron chi connectivity index (χ0n) is 14.4. The Bertz CT molecular complexity index is 661. The summed E-state index contributed by atoms with van der Waals surface area (Å²) < 4.78 is 28.6. The fourth-order valence-electron chi connectivity index (χ4n) is 2.93. The molecular weight excluding hydrogens is 358 g/mol. The highest BCUT2D eigenvalue weighted by Gasteiger charge is 2.39. The number of hydrogen-bond donors (Lipinski definition) is 1. The lowest BCUT2D eigenvalue weighted by atomic mass is 10.0. The molecule has 1 aromatic carbocycles. The van der Waals surface area contributed by atoms with Gasteiger partial charge in [0.15, 0.2) is 0 Å². The lowest BCUT2D eigenvalue weighted by Gasteiger charge is -2.24. The predicted molar refractivity (Wildman–Crippen MR) is 97.5 cm³/mol. The molecule has 4 nitrogen and oxygen atoms in total. The van der Waals surface area contributed by atoms with Crippen molar-refractivity contribution in [3.63, 3.8) is 0 Å². The monoisotopic (exact) mass is 380 g/mol. The van der Waals surface area contributed by atoms with E-state index in [4.69, 9.17) is 5.26 Å². The van der Waals surface area contributed by atoms with Gasteiger partial charge in [0, 0.05) is 24.3 Å². The third-order valence-electron chi connectivity index (χ3n) is 4.38. The summed E-state index contributed by atoms with van der Waals surface area (Å²) in [6.07, 6.45) is 3.17. The quantitative estimate of drug-likeness (QED) is 0.403. The first-order valence-corrected chi connectivity index (χ1v) is 9.55. The van der Waals surface area contributed by atoms with Crippen LogP contribution in [0.3, 0.4) is 0 Å². The topological polar surface area (TPSA) is 64.3 Å². The maximum absolute atomic E-state index is 14.3. The molecule has 2 rings (SSSR count). The zero-order chi connectivity index (χ0) is 19.0. The van der Waals surface area contributed by atoms with Crippen LogP contribution >= 0.6 is 11.8 Å². The zero-order valence-corrected chi connectivity index (χ0v) is 15.2. The van der Waals surface area contributed by atoms with E-state index in [1.54, 1.807) is 11.0 Å². The van der Waals surface area contributed by atoms with Gasteiger partial charge in [-0.1, -0.05) is 42.5 Å². The lowest BCUT2D eigenvalue weighted by molar-refractivity contribution is -0.128. The van der Waals surface area contributed by atoms with Crippen molar-refractivity contribution in [1.82, 2.24) is 4.90 Å². The van der Waals surface area contributed by atoms with Crippen LogP contribution < -0.4 is 0 Å². The third-order valence-corrected chi connectivity index (χ3v) is 5.00. The molecule has 1 aliphatic heterocycles. The molecule has 1 saturated heterocycles. The van der Waals surface area contributed by atoms with Crippen LogP contribution in [-0.2, 0) is 10.7 Å². The van der Waals surface area contributed by atoms with Crippen LogP contribution in [0.15, 0.2) is 42.5 Å². The van der Waals surface area contributed by atoms with Crippen LogP contribution in [0, 0.1) is 10.7 Å². The van der Waals surface area contributed by atoms with Gasteiger partial charge < -0.3 is 10.0 Å². The summed E-state index contributed by atoms with van der Waals surface area (Å²) in [7, 11) is 0. The molecule has 1 amide bonds. The van der Waals surface area contributed by atoms with E-state index in [1.807, 2.05) is 5.40 Å². The summed E-state index contributed by atoms with van der Waals surface area (Å²) in [6, 6.07) is 6.93. The molecule has 0 aliphatic carbocycles. The standard InChI is InChI=1S/C19H22F2N2O2S/c20-19(21,15-6-2-1-3-7-15)17(24)10-8-16-9-11-18(25)23(16)12-4-5-13-26-14-22/h1-3,6-8,10,16-17,24H,4-5,9,11-13H2. The number of rotatable bonds is 9. The van der Waals surface area contributed by atoms with Gasteiger partial charge in [-0.2, -0.15) is 14.0 Å². The first-order chi connectivity index (χ1) is 12.5. The number of aliphatic hydroxyl groups excluding tert-OH is 1. The number of thiocyanates is 1. The van der Waals surface area contributed by atoms with Crippen molar-refractivity contribution in [3.05, 3.63) is 48.0 Å². The molecule has 1 heterocycles. The number of nitriles is 1. The van der Waals surface area contributed by atoms with Crippen LogP contribution in [0.1, 0.15) is 31.2 Å². The maximum Gasteiger partial charge on any atom is 0.302 e. The Morgan fingerprint density at radius 2 is 2.12 bits per heavy atom. The number of benzene rings is 1. The predicted octanol–water partition coefficient (Wildman–Crippen LogP) is 3.68. The number of likely N-dealkylation sites (tertiary alicyclic amines) is 1. The first kappa shape index (κ1) is 20.4. The van der Waals surface area contributed by atoms with Gasteiger partial charge in [-0.15, -0.1) is 0 Å². The summed E-state index contributed by atoms with van der Waals surface area (Å²) >= 11 is 1.18. The van der Waals surface area contributed by atoms with E-state index in [1.165, 1.54) is 42.1 Å². The number of thioether (sulfide) groups is 1. The van der Waals surface area contributed by atoms with Crippen molar-refractivity contribution in [2.24, 2.45) is 0 Å². The second kappa shape index (κ2) is 9.70. The van der Waals surface area contributed by atoms with Crippen molar-refractivity contribution in [2.75, 3.05) is 12.3 Å². The summed E-state index contributed by atoms with van der Waals surface area (Å²) in [4.78, 5) is 13.7. The number of halogens is 2. The SMILES string of the molecule is N#CSCCCCN1C(=O)CCC1C=CC(O)C(F)(F)c1ccccc1. The smallest absolute Gasteiger partial charge is 0.302 e. The van der Waals surface area contributed by atoms with E-state index < -0.39 is 12.0 Å². The average molecular weight is 380 g/mol. The molecule has 1 N–H and O–H groups in total. The molecule has 7 heteroatoms. The maximum atomic E-state index is 14.3. The Kier molecular flexibility index (Phi) is 7.61. The Labute approximate surface area is 156 Å². The summed E-state index contributed by atoms with van der Waals surface area (Å²) in [6.45, 7) is 0.533. The van der Waals surface area contributed by atoms with E-state index in [2.05, 4.69) is 0 Å². The molecule has 0 saturated carbocycles. The Hall–Kier alpha value is -1.91. The second-order valence-corrected chi connectivity index (χ2v) is 7.04. The minimum atomic E-state index is -3.39. The van der Waals surface area contributed by atoms with E-state index in [0.29, 0.717) is 25.1 Å². The number of carbonyl (C=O) groups is 1. The van der Waals surface area contributed by atoms with Crippen LogP contribution in [0.2, 0.25) is 0 Å². The van der Waals surface area contributed by atoms with Crippen LogP contribution in [0.25, 0.3) is 0 Å². The van der Waals surface area contributed by atoms with Gasteiger partial charge in [-0.05, 0) is 31.0 Å². The lowest BCUT2D eigenvalue weighted by Crippen LogP contribution is -2.34. The van der Waals surface area contributed by atoms with Crippen molar-refractivity contribution < 1.29 is 18.7 Å². The van der Waals surface area contributed by atoms with E-state index in [-0.39, 0.29) is 17.5 Å². The normalized spacial score (nSPS) is 19.1. The largest absolute Gasteiger partial charge is 0.382 e. The molecule has 0 radical (unpaired) electrons. The molecular formula is C19H22F2N2O2S. The number of carbonyl (C=O) groups excluding carboxylic acids is 1. The number of hydrogen-bond acceptors (Lipinski definition) is 4. The van der Waals surface area contributed by atoms with Gasteiger partial charge in [0.2, 0.25) is 5.91 Å². The van der Waals surface area contributed by atoms with E-state index in [0.717, 1.165) is 18.9 Å². The average Bonchev–Trinajstić information content (AvgIpc) is 3.00. The Morgan fingerprint density at radius 3 is 2.81 bits per heavy atom. The Balaban J connectivity index is 1.94. The number of amides is 1. The molecule has 1 aliphatic rings. The van der Waals surface area contributed by atoms with Gasteiger partial charge in [-0.25, -0.2) is 0 Å². The van der Waals surface area contributed by atoms with Crippen molar-refractivity contribution in [3.8, 4) is 5.40 Å². The first-order valence-electron chi connectivity index (χ1n) is 8.57. The fraction of sp³-hybridized carbons (Fsp3) is 0.474. The molecule has 0 spiro atoms. The highest BCUT2D eigenvalue weighted by Crippen LogP contribution is 2.32. The molecule has 1 fully saturated rings. The minimum absolute atomic E-state index is 0.00287. The summed E-state index contributed by atoms with van der Waals surface area (Å²) in [5.41, 5.74) is -0.244. The number of alkyl halides is 2. The van der Waals surface area contributed by atoms with E-state index in [9.17, 15) is 18.7 Å². The van der Waals surface area contributed by atoms with Gasteiger partial charge >= 0.3 is 5.92 Å². The fourth-order valence-corrected chi connectivity index (χ4v) is 3.37. The van der Waals surface area contributed by atoms with Crippen LogP contribution in [0.5, 0.6) is 0 Å². The molecule has 140 valence electrons. The molecule has 0 bridgehead atoms. The Morgan fingerprint density at radius 1 is 1.38 bits per heavy atom. The number of unbranched alkanes of at least 4 members (excludes halogenated alkanes) is 1. The van der Waals surface area contributed by atoms with Gasteiger partial charge in [0.25, 0.3) is 0 Å². The van der Waals surface area contributed by atoms with Gasteiger partial charge in [0.05, 0.1) is 6.04 Å². The van der Waals surface area contributed by atoms with Crippen LogP contribution in [0.4, 0.5) is 8.78 Å². The molecule has 0 aromatic heterocycles. The minimum Gasteiger partial charge on any atom is -0.382 e. The highest BCUT2D eigenvalue weighted by molar-refractivity contribution is 8.03. The highest BCUT2D eigenvalue weighted by atomic mass is 32.2. The van der Waals surface area contributed by atoms with Gasteiger partial charge in [0.1, 0.15) is 11.5 Å². The van der Waals surface area contributed by atoms with Crippen molar-refractivity contribution >= 4 is 17.7 Å². The van der Waals surface area contributed by atoms with Crippen molar-refractivity contribution in [1.29, 1.82) is 5.26 Å². The summed E-state index contributed by atoms with van der Waals surface area (Å²) in [5.74, 6) is -2.68. The molecule has 26 heavy (non-hydrogen) atoms. The third kappa shape index (κ3) is 5.29. The molecule has 2 atom stereocenters.